The number of ether oxygens (including phenoxy) is 1. The molecule has 0 unspecified atom stereocenters. The number of thioether (sulfide) groups is 1. The third-order valence-corrected chi connectivity index (χ3v) is 5.16. The van der Waals surface area contributed by atoms with E-state index in [0.717, 1.165) is 23.8 Å². The first-order chi connectivity index (χ1) is 16.3. The summed E-state index contributed by atoms with van der Waals surface area (Å²) in [6, 6.07) is 17.2. The number of carboxylic acids is 1. The standard InChI is InChI=1S/C23H21FN2O3S.C2H4O2/c24-20-8-6-17(7-9-20)15-30-16-21(27)13-26-23(28)19-10-18(11-25-12-19)14-29-22-4-2-1-3-5-22;1-2(3)4/h1-12H,13-16H2,(H,26,28);1H3,(H,3,4). The molecule has 0 radical (unpaired) electrons. The molecule has 7 nitrogen and oxygen atoms in total. The van der Waals surface area contributed by atoms with Gasteiger partial charge in [-0.1, -0.05) is 30.3 Å². The van der Waals surface area contributed by atoms with E-state index in [4.69, 9.17) is 14.6 Å². The van der Waals surface area contributed by atoms with Crippen LogP contribution in [0.15, 0.2) is 73.1 Å². The molecule has 0 aliphatic carbocycles. The highest BCUT2D eigenvalue weighted by molar-refractivity contribution is 7.99. The summed E-state index contributed by atoms with van der Waals surface area (Å²) in [6.45, 7) is 1.32. The quantitative estimate of drug-likeness (QED) is 0.446. The zero-order valence-electron chi connectivity index (χ0n) is 18.6. The minimum atomic E-state index is -0.833. The van der Waals surface area contributed by atoms with Gasteiger partial charge < -0.3 is 15.2 Å². The van der Waals surface area contributed by atoms with E-state index in [1.807, 2.05) is 30.3 Å². The SMILES string of the molecule is CC(=O)O.O=C(CNC(=O)c1cncc(COc2ccccc2)c1)CSCc1ccc(F)cc1. The summed E-state index contributed by atoms with van der Waals surface area (Å²) in [6.07, 6.45) is 3.09. The largest absolute Gasteiger partial charge is 0.489 e. The van der Waals surface area contributed by atoms with Crippen LogP contribution in [0.2, 0.25) is 0 Å². The molecule has 2 N–H and O–H groups in total. The van der Waals surface area contributed by atoms with Gasteiger partial charge in [0.2, 0.25) is 0 Å². The maximum atomic E-state index is 12.9. The molecule has 1 heterocycles. The molecule has 3 aromatic rings. The van der Waals surface area contributed by atoms with Crippen molar-refractivity contribution in [2.75, 3.05) is 12.3 Å². The molecule has 34 heavy (non-hydrogen) atoms. The van der Waals surface area contributed by atoms with Gasteiger partial charge in [0.05, 0.1) is 17.9 Å². The molecule has 1 amide bonds. The zero-order chi connectivity index (χ0) is 24.8. The zero-order valence-corrected chi connectivity index (χ0v) is 19.4. The van der Waals surface area contributed by atoms with E-state index >= 15 is 0 Å². The lowest BCUT2D eigenvalue weighted by atomic mass is 10.2. The van der Waals surface area contributed by atoms with Gasteiger partial charge in [-0.3, -0.25) is 19.4 Å². The van der Waals surface area contributed by atoms with Crippen LogP contribution < -0.4 is 10.1 Å². The molecule has 178 valence electrons. The summed E-state index contributed by atoms with van der Waals surface area (Å²) < 4.78 is 18.5. The number of aromatic nitrogens is 1. The van der Waals surface area contributed by atoms with Crippen LogP contribution in [-0.4, -0.2) is 40.0 Å². The smallest absolute Gasteiger partial charge is 0.300 e. The van der Waals surface area contributed by atoms with E-state index in [9.17, 15) is 14.0 Å². The molecule has 2 aromatic carbocycles. The second kappa shape index (κ2) is 14.4. The van der Waals surface area contributed by atoms with Gasteiger partial charge in [0.1, 0.15) is 18.2 Å². The summed E-state index contributed by atoms with van der Waals surface area (Å²) in [4.78, 5) is 37.4. The van der Waals surface area contributed by atoms with Crippen LogP contribution >= 0.6 is 11.8 Å². The lowest BCUT2D eigenvalue weighted by Gasteiger charge is -2.08. The number of hydrogen-bond acceptors (Lipinski definition) is 6. The van der Waals surface area contributed by atoms with Crippen molar-refractivity contribution in [3.63, 3.8) is 0 Å². The number of ketones is 1. The second-order valence-electron chi connectivity index (χ2n) is 7.04. The van der Waals surface area contributed by atoms with Gasteiger partial charge in [0, 0.05) is 30.6 Å². The molecule has 0 aliphatic rings. The van der Waals surface area contributed by atoms with Crippen LogP contribution in [-0.2, 0) is 21.9 Å². The fourth-order valence-corrected chi connectivity index (χ4v) is 3.43. The van der Waals surface area contributed by atoms with E-state index in [0.29, 0.717) is 11.3 Å². The number of carbonyl (C=O) groups is 3. The lowest BCUT2D eigenvalue weighted by Crippen LogP contribution is -2.30. The van der Waals surface area contributed by atoms with Gasteiger partial charge in [0.15, 0.2) is 5.78 Å². The Kier molecular flexibility index (Phi) is 11.3. The van der Waals surface area contributed by atoms with E-state index in [1.54, 1.807) is 24.4 Å². The number of hydrogen-bond donors (Lipinski definition) is 2. The number of aliphatic carboxylic acids is 1. The van der Waals surface area contributed by atoms with Crippen molar-refractivity contribution >= 4 is 29.4 Å². The number of para-hydroxylation sites is 1. The third kappa shape index (κ3) is 10.7. The minimum Gasteiger partial charge on any atom is -0.489 e. The third-order valence-electron chi connectivity index (χ3n) is 4.10. The topological polar surface area (TPSA) is 106 Å². The molecule has 0 fully saturated rings. The van der Waals surface area contributed by atoms with Crippen LogP contribution in [0.25, 0.3) is 0 Å². The Bertz CT molecular complexity index is 1070. The van der Waals surface area contributed by atoms with Crippen molar-refractivity contribution in [3.05, 3.63) is 95.6 Å². The molecule has 0 aliphatic heterocycles. The van der Waals surface area contributed by atoms with E-state index in [2.05, 4.69) is 10.3 Å². The number of nitrogens with one attached hydrogen (secondary N) is 1. The summed E-state index contributed by atoms with van der Waals surface area (Å²) in [5.74, 6) is 0.0329. The molecule has 9 heteroatoms. The van der Waals surface area contributed by atoms with Crippen LogP contribution in [0.1, 0.15) is 28.4 Å². The molecule has 1 aromatic heterocycles. The maximum Gasteiger partial charge on any atom is 0.300 e. The minimum absolute atomic E-state index is 0.0556. The molecule has 0 atom stereocenters. The number of pyridine rings is 1. The summed E-state index contributed by atoms with van der Waals surface area (Å²) >= 11 is 1.42. The average molecular weight is 485 g/mol. The van der Waals surface area contributed by atoms with Gasteiger partial charge in [-0.25, -0.2) is 4.39 Å². The van der Waals surface area contributed by atoms with E-state index in [1.165, 1.54) is 30.1 Å². The van der Waals surface area contributed by atoms with Crippen molar-refractivity contribution in [3.8, 4) is 5.75 Å². The number of rotatable bonds is 10. The fourth-order valence-electron chi connectivity index (χ4n) is 2.57. The van der Waals surface area contributed by atoms with Crippen molar-refractivity contribution in [1.29, 1.82) is 0 Å². The van der Waals surface area contributed by atoms with Crippen LogP contribution in [0, 0.1) is 5.82 Å². The Morgan fingerprint density at radius 1 is 1.03 bits per heavy atom. The molecular weight excluding hydrogens is 459 g/mol. The van der Waals surface area contributed by atoms with Gasteiger partial charge in [0.25, 0.3) is 11.9 Å². The van der Waals surface area contributed by atoms with Crippen LogP contribution in [0.4, 0.5) is 4.39 Å². The van der Waals surface area contributed by atoms with Crippen LogP contribution in [0.5, 0.6) is 5.75 Å². The molecular formula is C25H25FN2O5S. The lowest BCUT2D eigenvalue weighted by molar-refractivity contribution is -0.134. The van der Waals surface area contributed by atoms with Crippen molar-refractivity contribution in [2.45, 2.75) is 19.3 Å². The van der Waals surface area contributed by atoms with E-state index in [-0.39, 0.29) is 36.4 Å². The number of nitrogens with zero attached hydrogens (tertiary/aromatic N) is 1. The highest BCUT2D eigenvalue weighted by Crippen LogP contribution is 2.13. The number of amides is 1. The Morgan fingerprint density at radius 2 is 1.71 bits per heavy atom. The summed E-state index contributed by atoms with van der Waals surface area (Å²) in [7, 11) is 0. The fraction of sp³-hybridized carbons (Fsp3) is 0.200. The van der Waals surface area contributed by atoms with E-state index < -0.39 is 5.97 Å². The first kappa shape index (κ1) is 26.5. The summed E-state index contributed by atoms with van der Waals surface area (Å²) in [5.41, 5.74) is 2.07. The van der Waals surface area contributed by atoms with Gasteiger partial charge in [-0.15, -0.1) is 11.8 Å². The maximum absolute atomic E-state index is 12.9. The second-order valence-corrected chi connectivity index (χ2v) is 8.03. The number of carboxylic acid groups (broad SMARTS) is 1. The molecule has 0 saturated heterocycles. The number of Topliss-reactive ketones (excluding diaryl/α,β-unsaturated/α-hetero) is 1. The Balaban J connectivity index is 0.000000945. The van der Waals surface area contributed by atoms with Crippen molar-refractivity contribution < 1.29 is 28.6 Å². The average Bonchev–Trinajstić information content (AvgIpc) is 2.83. The highest BCUT2D eigenvalue weighted by Gasteiger charge is 2.10. The first-order valence-electron chi connectivity index (χ1n) is 10.3. The number of carbonyl (C=O) groups excluding carboxylic acids is 2. The van der Waals surface area contributed by atoms with Gasteiger partial charge in [-0.05, 0) is 35.9 Å². The molecule has 0 saturated carbocycles. The Hall–Kier alpha value is -3.72. The predicted molar refractivity (Wildman–Crippen MR) is 128 cm³/mol. The Labute approximate surface area is 201 Å². The number of benzene rings is 2. The highest BCUT2D eigenvalue weighted by atomic mass is 32.2. The Morgan fingerprint density at radius 3 is 2.38 bits per heavy atom. The normalized spacial score (nSPS) is 9.94. The molecule has 3 rings (SSSR count). The van der Waals surface area contributed by atoms with Gasteiger partial charge in [-0.2, -0.15) is 0 Å². The monoisotopic (exact) mass is 484 g/mol. The number of halogens is 1. The van der Waals surface area contributed by atoms with Crippen molar-refractivity contribution in [2.24, 2.45) is 0 Å². The molecule has 0 bridgehead atoms. The molecule has 0 spiro atoms. The van der Waals surface area contributed by atoms with Crippen LogP contribution in [0.3, 0.4) is 0 Å². The van der Waals surface area contributed by atoms with Gasteiger partial charge >= 0.3 is 0 Å². The first-order valence-corrected chi connectivity index (χ1v) is 11.4. The van der Waals surface area contributed by atoms with Crippen molar-refractivity contribution in [1.82, 2.24) is 10.3 Å². The predicted octanol–water partition coefficient (Wildman–Crippen LogP) is 4.12. The summed E-state index contributed by atoms with van der Waals surface area (Å²) in [5, 5.41) is 10.0.